The SMILES string of the molecule is Cc1c(O)c[nH]c(=O)c1[N+](=O)[O-]. The normalized spacial score (nSPS) is 9.75. The number of H-pyrrole nitrogens is 1. The van der Waals surface area contributed by atoms with Crippen molar-refractivity contribution in [3.8, 4) is 5.75 Å². The Morgan fingerprint density at radius 2 is 2.25 bits per heavy atom. The highest BCUT2D eigenvalue weighted by Crippen LogP contribution is 2.20. The zero-order valence-corrected chi connectivity index (χ0v) is 6.20. The zero-order valence-electron chi connectivity index (χ0n) is 6.20. The number of aromatic hydroxyl groups is 1. The minimum absolute atomic E-state index is 0.0243. The third-order valence-electron chi connectivity index (χ3n) is 1.48. The van der Waals surface area contributed by atoms with Crippen LogP contribution in [-0.2, 0) is 0 Å². The molecule has 6 heteroatoms. The van der Waals surface area contributed by atoms with Crippen molar-refractivity contribution in [1.29, 1.82) is 0 Å². The van der Waals surface area contributed by atoms with Crippen molar-refractivity contribution in [2.24, 2.45) is 0 Å². The zero-order chi connectivity index (χ0) is 9.30. The fourth-order valence-corrected chi connectivity index (χ4v) is 0.822. The van der Waals surface area contributed by atoms with Crippen LogP contribution in [0.1, 0.15) is 5.56 Å². The largest absolute Gasteiger partial charge is 0.506 e. The first kappa shape index (κ1) is 8.25. The van der Waals surface area contributed by atoms with Crippen molar-refractivity contribution in [3.05, 3.63) is 32.2 Å². The van der Waals surface area contributed by atoms with E-state index in [1.165, 1.54) is 6.92 Å². The van der Waals surface area contributed by atoms with Crippen LogP contribution in [0.25, 0.3) is 0 Å². The van der Waals surface area contributed by atoms with Crippen LogP contribution in [-0.4, -0.2) is 15.0 Å². The third-order valence-corrected chi connectivity index (χ3v) is 1.48. The number of nitro groups is 1. The second-order valence-electron chi connectivity index (χ2n) is 2.23. The molecule has 1 aromatic heterocycles. The van der Waals surface area contributed by atoms with E-state index in [4.69, 9.17) is 5.11 Å². The van der Waals surface area contributed by atoms with Gasteiger partial charge in [-0.15, -0.1) is 0 Å². The summed E-state index contributed by atoms with van der Waals surface area (Å²) in [5, 5.41) is 19.3. The molecule has 0 radical (unpaired) electrons. The number of nitrogens with zero attached hydrogens (tertiary/aromatic N) is 1. The molecular formula is C6H6N2O4. The topological polar surface area (TPSA) is 96.2 Å². The smallest absolute Gasteiger partial charge is 0.340 e. The molecule has 12 heavy (non-hydrogen) atoms. The number of hydrogen-bond donors (Lipinski definition) is 2. The molecule has 1 rings (SSSR count). The average molecular weight is 170 g/mol. The predicted octanol–water partition coefficient (Wildman–Crippen LogP) is 0.297. The Balaban J connectivity index is 3.54. The van der Waals surface area contributed by atoms with Gasteiger partial charge in [-0.1, -0.05) is 0 Å². The summed E-state index contributed by atoms with van der Waals surface area (Å²) in [7, 11) is 0. The first-order chi connectivity index (χ1) is 5.54. The van der Waals surface area contributed by atoms with Crippen molar-refractivity contribution in [2.45, 2.75) is 6.92 Å². The van der Waals surface area contributed by atoms with Crippen LogP contribution in [0.3, 0.4) is 0 Å². The fourth-order valence-electron chi connectivity index (χ4n) is 0.822. The van der Waals surface area contributed by atoms with Gasteiger partial charge in [-0.05, 0) is 6.92 Å². The van der Waals surface area contributed by atoms with Crippen LogP contribution >= 0.6 is 0 Å². The van der Waals surface area contributed by atoms with Crippen LogP contribution in [0.5, 0.6) is 5.75 Å². The van der Waals surface area contributed by atoms with E-state index in [-0.39, 0.29) is 11.3 Å². The van der Waals surface area contributed by atoms with Crippen LogP contribution in [0, 0.1) is 17.0 Å². The molecule has 0 bridgehead atoms. The molecule has 1 aromatic rings. The maximum atomic E-state index is 10.8. The molecule has 0 amide bonds. The van der Waals surface area contributed by atoms with Gasteiger partial charge in [-0.25, -0.2) is 0 Å². The molecule has 0 spiro atoms. The van der Waals surface area contributed by atoms with E-state index in [0.29, 0.717) is 0 Å². The maximum absolute atomic E-state index is 10.8. The van der Waals surface area contributed by atoms with Crippen molar-refractivity contribution >= 4 is 5.69 Å². The molecule has 0 aliphatic rings. The van der Waals surface area contributed by atoms with E-state index in [9.17, 15) is 14.9 Å². The van der Waals surface area contributed by atoms with E-state index < -0.39 is 16.2 Å². The minimum atomic E-state index is -0.826. The van der Waals surface area contributed by atoms with Crippen molar-refractivity contribution in [1.82, 2.24) is 4.98 Å². The van der Waals surface area contributed by atoms with Gasteiger partial charge in [0.25, 0.3) is 0 Å². The second-order valence-corrected chi connectivity index (χ2v) is 2.23. The summed E-state index contributed by atoms with van der Waals surface area (Å²) in [4.78, 5) is 22.3. The Bertz CT molecular complexity index is 382. The van der Waals surface area contributed by atoms with E-state index >= 15 is 0 Å². The van der Waals surface area contributed by atoms with Crippen LogP contribution in [0.15, 0.2) is 11.0 Å². The van der Waals surface area contributed by atoms with Gasteiger partial charge >= 0.3 is 11.2 Å². The summed E-state index contributed by atoms with van der Waals surface area (Å²) >= 11 is 0. The van der Waals surface area contributed by atoms with Crippen molar-refractivity contribution < 1.29 is 10.0 Å². The molecule has 2 N–H and O–H groups in total. The highest BCUT2D eigenvalue weighted by atomic mass is 16.6. The molecule has 0 fully saturated rings. The average Bonchev–Trinajstić information content (AvgIpc) is 1.97. The summed E-state index contributed by atoms with van der Waals surface area (Å²) in [6.07, 6.45) is 1.02. The third kappa shape index (κ3) is 1.14. The fraction of sp³-hybridized carbons (Fsp3) is 0.167. The molecule has 0 atom stereocenters. The number of aromatic nitrogens is 1. The van der Waals surface area contributed by atoms with Crippen LogP contribution in [0.4, 0.5) is 5.69 Å². The number of aromatic amines is 1. The number of nitrogens with one attached hydrogen (secondary N) is 1. The molecule has 0 aromatic carbocycles. The molecule has 0 aliphatic carbocycles. The van der Waals surface area contributed by atoms with Crippen molar-refractivity contribution in [3.63, 3.8) is 0 Å². The van der Waals surface area contributed by atoms with Crippen LogP contribution < -0.4 is 5.56 Å². The van der Waals surface area contributed by atoms with Gasteiger partial charge < -0.3 is 10.1 Å². The molecule has 0 saturated carbocycles. The Morgan fingerprint density at radius 1 is 1.67 bits per heavy atom. The van der Waals surface area contributed by atoms with Gasteiger partial charge in [-0.2, -0.15) is 0 Å². The number of rotatable bonds is 1. The lowest BCUT2D eigenvalue weighted by Gasteiger charge is -1.96. The van der Waals surface area contributed by atoms with E-state index in [1.54, 1.807) is 0 Å². The number of hydrogen-bond acceptors (Lipinski definition) is 4. The summed E-state index contributed by atoms with van der Waals surface area (Å²) < 4.78 is 0. The Morgan fingerprint density at radius 3 is 2.67 bits per heavy atom. The highest BCUT2D eigenvalue weighted by Gasteiger charge is 2.18. The summed E-state index contributed by atoms with van der Waals surface area (Å²) in [6.45, 7) is 1.31. The Labute approximate surface area is 66.6 Å². The highest BCUT2D eigenvalue weighted by molar-refractivity contribution is 5.44. The van der Waals surface area contributed by atoms with Gasteiger partial charge in [0, 0.05) is 6.20 Å². The van der Waals surface area contributed by atoms with Crippen LogP contribution in [0.2, 0.25) is 0 Å². The summed E-state index contributed by atoms with van der Waals surface area (Å²) in [5.41, 5.74) is -1.45. The predicted molar refractivity (Wildman–Crippen MR) is 40.1 cm³/mol. The first-order valence-corrected chi connectivity index (χ1v) is 3.09. The summed E-state index contributed by atoms with van der Waals surface area (Å²) in [6, 6.07) is 0. The standard InChI is InChI=1S/C6H6N2O4/c1-3-4(9)2-7-6(10)5(3)8(11)12/h2,9H,1H3,(H,7,10). The lowest BCUT2D eigenvalue weighted by Crippen LogP contribution is -2.12. The second kappa shape index (κ2) is 2.65. The molecule has 6 nitrogen and oxygen atoms in total. The minimum Gasteiger partial charge on any atom is -0.506 e. The van der Waals surface area contributed by atoms with E-state index in [1.807, 2.05) is 4.98 Å². The first-order valence-electron chi connectivity index (χ1n) is 3.09. The Hall–Kier alpha value is -1.85. The lowest BCUT2D eigenvalue weighted by atomic mass is 10.2. The van der Waals surface area contributed by atoms with Crippen molar-refractivity contribution in [2.75, 3.05) is 0 Å². The molecule has 0 saturated heterocycles. The summed E-state index contributed by atoms with van der Waals surface area (Å²) in [5.74, 6) is -0.290. The van der Waals surface area contributed by atoms with Gasteiger partial charge in [0.2, 0.25) is 0 Å². The molecule has 1 heterocycles. The van der Waals surface area contributed by atoms with Gasteiger partial charge in [0.05, 0.1) is 10.5 Å². The molecule has 64 valence electrons. The van der Waals surface area contributed by atoms with E-state index in [2.05, 4.69) is 0 Å². The molecule has 0 aliphatic heterocycles. The van der Waals surface area contributed by atoms with E-state index in [0.717, 1.165) is 6.20 Å². The van der Waals surface area contributed by atoms with Gasteiger partial charge in [0.15, 0.2) is 0 Å². The quantitative estimate of drug-likeness (QED) is 0.467. The maximum Gasteiger partial charge on any atom is 0.340 e. The molecule has 0 unspecified atom stereocenters. The Kier molecular flexibility index (Phi) is 1.82. The van der Waals surface area contributed by atoms with Gasteiger partial charge in [-0.3, -0.25) is 14.9 Å². The lowest BCUT2D eigenvalue weighted by molar-refractivity contribution is -0.387. The number of pyridine rings is 1. The monoisotopic (exact) mass is 170 g/mol. The molecular weight excluding hydrogens is 164 g/mol. The van der Waals surface area contributed by atoms with Gasteiger partial charge in [0.1, 0.15) is 5.75 Å².